The molecule has 0 aromatic carbocycles. The number of unbranched alkanes of at least 4 members (excludes halogenated alkanes) is 4. The van der Waals surface area contributed by atoms with Gasteiger partial charge in [0, 0.05) is 12.1 Å². The van der Waals surface area contributed by atoms with E-state index < -0.39 is 0 Å². The van der Waals surface area contributed by atoms with Crippen LogP contribution in [0.1, 0.15) is 85.0 Å². The molecule has 0 heterocycles. The summed E-state index contributed by atoms with van der Waals surface area (Å²) in [4.78, 5) is 2.76. The Morgan fingerprint density at radius 1 is 1.05 bits per heavy atom. The molecule has 0 radical (unpaired) electrons. The minimum Gasteiger partial charge on any atom is -0.329 e. The van der Waals surface area contributed by atoms with Gasteiger partial charge in [-0.2, -0.15) is 0 Å². The molecule has 0 aliphatic heterocycles. The molecule has 0 saturated heterocycles. The number of hydrogen-bond donors (Lipinski definition) is 1. The van der Waals surface area contributed by atoms with Crippen LogP contribution in [-0.2, 0) is 0 Å². The zero-order chi connectivity index (χ0) is 14.8. The van der Waals surface area contributed by atoms with E-state index in [4.69, 9.17) is 5.73 Å². The Kier molecular flexibility index (Phi) is 8.79. The zero-order valence-corrected chi connectivity index (χ0v) is 14.3. The predicted octanol–water partition coefficient (Wildman–Crippen LogP) is 4.58. The lowest BCUT2D eigenvalue weighted by atomic mass is 9.75. The van der Waals surface area contributed by atoms with Crippen molar-refractivity contribution in [1.29, 1.82) is 0 Å². The Morgan fingerprint density at radius 2 is 1.80 bits per heavy atom. The van der Waals surface area contributed by atoms with Crippen molar-refractivity contribution in [2.24, 2.45) is 11.7 Å². The smallest absolute Gasteiger partial charge is 0.0334 e. The van der Waals surface area contributed by atoms with Crippen LogP contribution in [0.3, 0.4) is 0 Å². The fourth-order valence-electron chi connectivity index (χ4n) is 4.00. The normalized spacial score (nSPS) is 27.1. The molecule has 20 heavy (non-hydrogen) atoms. The molecule has 2 unspecified atom stereocenters. The van der Waals surface area contributed by atoms with Crippen LogP contribution in [0.5, 0.6) is 0 Å². The molecule has 0 bridgehead atoms. The highest BCUT2D eigenvalue weighted by Crippen LogP contribution is 2.36. The molecule has 1 rings (SSSR count). The Hall–Kier alpha value is -0.0800. The van der Waals surface area contributed by atoms with Gasteiger partial charge in [-0.3, -0.25) is 4.90 Å². The van der Waals surface area contributed by atoms with Gasteiger partial charge in [-0.15, -0.1) is 0 Å². The molecule has 1 saturated carbocycles. The summed E-state index contributed by atoms with van der Waals surface area (Å²) in [7, 11) is 0. The molecular formula is C18H38N2. The fourth-order valence-corrected chi connectivity index (χ4v) is 4.00. The maximum absolute atomic E-state index is 6.24. The van der Waals surface area contributed by atoms with Crippen molar-refractivity contribution in [1.82, 2.24) is 4.90 Å². The van der Waals surface area contributed by atoms with Gasteiger partial charge in [-0.25, -0.2) is 0 Å². The van der Waals surface area contributed by atoms with E-state index in [2.05, 4.69) is 25.7 Å². The van der Waals surface area contributed by atoms with E-state index in [0.717, 1.165) is 12.5 Å². The lowest BCUT2D eigenvalue weighted by Gasteiger charge is -2.48. The van der Waals surface area contributed by atoms with Gasteiger partial charge in [0.25, 0.3) is 0 Å². The number of rotatable bonds is 10. The van der Waals surface area contributed by atoms with Gasteiger partial charge in [0.15, 0.2) is 0 Å². The molecule has 120 valence electrons. The highest BCUT2D eigenvalue weighted by atomic mass is 15.2. The molecule has 2 nitrogen and oxygen atoms in total. The summed E-state index contributed by atoms with van der Waals surface area (Å²) in [5, 5.41) is 0. The molecule has 2 N–H and O–H groups in total. The Labute approximate surface area is 127 Å². The number of hydrogen-bond acceptors (Lipinski definition) is 2. The summed E-state index contributed by atoms with van der Waals surface area (Å²) in [5.74, 6) is 0.853. The van der Waals surface area contributed by atoms with Crippen molar-refractivity contribution in [2.45, 2.75) is 90.5 Å². The monoisotopic (exact) mass is 282 g/mol. The Morgan fingerprint density at radius 3 is 2.40 bits per heavy atom. The van der Waals surface area contributed by atoms with Crippen molar-refractivity contribution in [3.8, 4) is 0 Å². The van der Waals surface area contributed by atoms with E-state index in [0.29, 0.717) is 5.54 Å². The summed E-state index contributed by atoms with van der Waals surface area (Å²) >= 11 is 0. The largest absolute Gasteiger partial charge is 0.329 e. The van der Waals surface area contributed by atoms with Gasteiger partial charge < -0.3 is 5.73 Å². The van der Waals surface area contributed by atoms with E-state index in [1.54, 1.807) is 0 Å². The molecule has 2 atom stereocenters. The van der Waals surface area contributed by atoms with Crippen LogP contribution in [0.4, 0.5) is 0 Å². The zero-order valence-electron chi connectivity index (χ0n) is 14.3. The topological polar surface area (TPSA) is 29.3 Å². The molecule has 1 aliphatic rings. The third kappa shape index (κ3) is 5.37. The van der Waals surface area contributed by atoms with Crippen LogP contribution >= 0.6 is 0 Å². The first-order chi connectivity index (χ1) is 9.68. The molecule has 2 heteroatoms. The molecule has 0 aromatic heterocycles. The molecular weight excluding hydrogens is 244 g/mol. The lowest BCUT2D eigenvalue weighted by Crippen LogP contribution is -2.56. The fraction of sp³-hybridized carbons (Fsp3) is 1.00. The first-order valence-corrected chi connectivity index (χ1v) is 9.13. The maximum atomic E-state index is 6.24. The van der Waals surface area contributed by atoms with Crippen LogP contribution in [0.25, 0.3) is 0 Å². The van der Waals surface area contributed by atoms with Gasteiger partial charge in [-0.1, -0.05) is 59.3 Å². The van der Waals surface area contributed by atoms with E-state index in [-0.39, 0.29) is 0 Å². The Balaban J connectivity index is 2.52. The molecule has 1 fully saturated rings. The molecule has 0 spiro atoms. The average Bonchev–Trinajstić information content (AvgIpc) is 2.45. The van der Waals surface area contributed by atoms with Crippen LogP contribution < -0.4 is 5.73 Å². The summed E-state index contributed by atoms with van der Waals surface area (Å²) in [6.07, 6.45) is 13.6. The minimum absolute atomic E-state index is 0.318. The van der Waals surface area contributed by atoms with E-state index >= 15 is 0 Å². The number of nitrogens with zero attached hydrogens (tertiary/aromatic N) is 1. The van der Waals surface area contributed by atoms with Crippen molar-refractivity contribution in [3.63, 3.8) is 0 Å². The first kappa shape index (κ1) is 18.0. The SMILES string of the molecule is CCCCCCCN(CCC)C1(CN)CCCC(C)C1. The van der Waals surface area contributed by atoms with Crippen LogP contribution in [0, 0.1) is 5.92 Å². The van der Waals surface area contributed by atoms with Gasteiger partial charge >= 0.3 is 0 Å². The lowest BCUT2D eigenvalue weighted by molar-refractivity contribution is 0.0373. The highest BCUT2D eigenvalue weighted by Gasteiger charge is 2.38. The van der Waals surface area contributed by atoms with Crippen molar-refractivity contribution in [3.05, 3.63) is 0 Å². The van der Waals surface area contributed by atoms with Crippen molar-refractivity contribution < 1.29 is 0 Å². The van der Waals surface area contributed by atoms with Gasteiger partial charge in [-0.05, 0) is 44.7 Å². The van der Waals surface area contributed by atoms with E-state index in [1.807, 2.05) is 0 Å². The van der Waals surface area contributed by atoms with Crippen molar-refractivity contribution >= 4 is 0 Å². The maximum Gasteiger partial charge on any atom is 0.0334 e. The van der Waals surface area contributed by atoms with Gasteiger partial charge in [0.05, 0.1) is 0 Å². The van der Waals surface area contributed by atoms with E-state index in [1.165, 1.54) is 77.3 Å². The highest BCUT2D eigenvalue weighted by molar-refractivity contribution is 4.95. The van der Waals surface area contributed by atoms with Crippen LogP contribution in [0.2, 0.25) is 0 Å². The van der Waals surface area contributed by atoms with Gasteiger partial charge in [0.1, 0.15) is 0 Å². The van der Waals surface area contributed by atoms with Gasteiger partial charge in [0.2, 0.25) is 0 Å². The van der Waals surface area contributed by atoms with E-state index in [9.17, 15) is 0 Å². The standard InChI is InChI=1S/C18H38N2/c1-4-6-7-8-9-14-20(13-5-2)18(16-19)12-10-11-17(3)15-18/h17H,4-16,19H2,1-3H3. The molecule has 1 aliphatic carbocycles. The van der Waals surface area contributed by atoms with Crippen molar-refractivity contribution in [2.75, 3.05) is 19.6 Å². The second-order valence-electron chi connectivity index (χ2n) is 7.03. The predicted molar refractivity (Wildman–Crippen MR) is 90.0 cm³/mol. The number of nitrogens with two attached hydrogens (primary N) is 1. The average molecular weight is 283 g/mol. The quantitative estimate of drug-likeness (QED) is 0.594. The first-order valence-electron chi connectivity index (χ1n) is 9.13. The minimum atomic E-state index is 0.318. The van der Waals surface area contributed by atoms with Crippen LogP contribution in [0.15, 0.2) is 0 Å². The molecule has 0 aromatic rings. The summed E-state index contributed by atoms with van der Waals surface area (Å²) < 4.78 is 0. The summed E-state index contributed by atoms with van der Waals surface area (Å²) in [6.45, 7) is 10.4. The third-order valence-corrected chi connectivity index (χ3v) is 5.14. The second kappa shape index (κ2) is 9.78. The third-order valence-electron chi connectivity index (χ3n) is 5.14. The summed E-state index contributed by atoms with van der Waals surface area (Å²) in [6, 6.07) is 0. The second-order valence-corrected chi connectivity index (χ2v) is 7.03. The molecule has 0 amide bonds. The summed E-state index contributed by atoms with van der Waals surface area (Å²) in [5.41, 5.74) is 6.56. The Bertz CT molecular complexity index is 242. The van der Waals surface area contributed by atoms with Crippen LogP contribution in [-0.4, -0.2) is 30.1 Å².